The number of aryl methyl sites for hydroxylation is 2. The number of hydrogen-bond donors (Lipinski definition) is 1. The summed E-state index contributed by atoms with van der Waals surface area (Å²) in [6.07, 6.45) is 1.50. The standard InChI is InChI=1S/C16H19NO5/c1-9-6-13(7-10(2)15(9)22-12(4)19)8-14(16(20)21-5)17-11(3)18/h6-8H,1-5H3,(H,17,18)/b14-8-. The Bertz CT molecular complexity index is 623. The van der Waals surface area contributed by atoms with Crippen LogP contribution in [0.15, 0.2) is 17.8 Å². The summed E-state index contributed by atoms with van der Waals surface area (Å²) >= 11 is 0. The molecule has 1 N–H and O–H groups in total. The van der Waals surface area contributed by atoms with Crippen LogP contribution in [0.1, 0.15) is 30.5 Å². The summed E-state index contributed by atoms with van der Waals surface area (Å²) in [5.74, 6) is -0.928. The van der Waals surface area contributed by atoms with Gasteiger partial charge in [-0.2, -0.15) is 0 Å². The fraction of sp³-hybridized carbons (Fsp3) is 0.312. The Hall–Kier alpha value is -2.63. The fourth-order valence-electron chi connectivity index (χ4n) is 1.98. The maximum absolute atomic E-state index is 11.7. The van der Waals surface area contributed by atoms with Crippen molar-refractivity contribution in [1.29, 1.82) is 0 Å². The number of ether oxygens (including phenoxy) is 2. The van der Waals surface area contributed by atoms with Crippen LogP contribution in [0.25, 0.3) is 6.08 Å². The van der Waals surface area contributed by atoms with E-state index in [4.69, 9.17) is 4.74 Å². The molecule has 0 unspecified atom stereocenters. The second-order valence-electron chi connectivity index (χ2n) is 4.81. The molecular weight excluding hydrogens is 286 g/mol. The maximum atomic E-state index is 11.7. The highest BCUT2D eigenvalue weighted by atomic mass is 16.5. The van der Waals surface area contributed by atoms with Gasteiger partial charge < -0.3 is 14.8 Å². The van der Waals surface area contributed by atoms with Crippen molar-refractivity contribution in [2.75, 3.05) is 7.11 Å². The zero-order valence-electron chi connectivity index (χ0n) is 13.3. The number of carbonyl (C=O) groups is 3. The second-order valence-corrected chi connectivity index (χ2v) is 4.81. The first-order valence-corrected chi connectivity index (χ1v) is 6.62. The molecule has 0 aromatic heterocycles. The minimum absolute atomic E-state index is 0.0361. The molecule has 0 aliphatic heterocycles. The average molecular weight is 305 g/mol. The quantitative estimate of drug-likeness (QED) is 0.522. The van der Waals surface area contributed by atoms with E-state index in [9.17, 15) is 14.4 Å². The zero-order valence-corrected chi connectivity index (χ0v) is 13.3. The molecule has 0 saturated carbocycles. The van der Waals surface area contributed by atoms with Gasteiger partial charge in [0.2, 0.25) is 5.91 Å². The summed E-state index contributed by atoms with van der Waals surface area (Å²) in [7, 11) is 1.23. The van der Waals surface area contributed by atoms with Crippen molar-refractivity contribution in [3.05, 3.63) is 34.5 Å². The van der Waals surface area contributed by atoms with Crippen LogP contribution in [0, 0.1) is 13.8 Å². The maximum Gasteiger partial charge on any atom is 0.354 e. The highest BCUT2D eigenvalue weighted by Gasteiger charge is 2.13. The van der Waals surface area contributed by atoms with Crippen molar-refractivity contribution in [3.8, 4) is 5.75 Å². The van der Waals surface area contributed by atoms with Crippen LogP contribution >= 0.6 is 0 Å². The predicted octanol–water partition coefficient (Wildman–Crippen LogP) is 1.88. The number of benzene rings is 1. The van der Waals surface area contributed by atoms with E-state index in [1.807, 2.05) is 0 Å². The van der Waals surface area contributed by atoms with Gasteiger partial charge in [0, 0.05) is 13.8 Å². The number of nitrogens with one attached hydrogen (secondary N) is 1. The Balaban J connectivity index is 3.25. The monoisotopic (exact) mass is 305 g/mol. The van der Waals surface area contributed by atoms with Crippen molar-refractivity contribution in [1.82, 2.24) is 5.32 Å². The molecule has 1 amide bonds. The molecule has 0 saturated heterocycles. The second kappa shape index (κ2) is 7.40. The van der Waals surface area contributed by atoms with Gasteiger partial charge >= 0.3 is 11.9 Å². The van der Waals surface area contributed by atoms with Gasteiger partial charge in [-0.05, 0) is 48.7 Å². The van der Waals surface area contributed by atoms with Crippen molar-refractivity contribution < 1.29 is 23.9 Å². The summed E-state index contributed by atoms with van der Waals surface area (Å²) in [4.78, 5) is 33.9. The summed E-state index contributed by atoms with van der Waals surface area (Å²) < 4.78 is 9.78. The van der Waals surface area contributed by atoms with Crippen LogP contribution < -0.4 is 10.1 Å². The number of methoxy groups -OCH3 is 1. The molecule has 0 fully saturated rings. The summed E-state index contributed by atoms with van der Waals surface area (Å²) in [5.41, 5.74) is 2.20. The average Bonchev–Trinajstić information content (AvgIpc) is 2.40. The highest BCUT2D eigenvalue weighted by molar-refractivity contribution is 5.97. The molecule has 0 spiro atoms. The minimum Gasteiger partial charge on any atom is -0.464 e. The third-order valence-corrected chi connectivity index (χ3v) is 2.76. The topological polar surface area (TPSA) is 81.7 Å². The van der Waals surface area contributed by atoms with Gasteiger partial charge in [0.25, 0.3) is 0 Å². The van der Waals surface area contributed by atoms with Gasteiger partial charge in [-0.15, -0.1) is 0 Å². The van der Waals surface area contributed by atoms with E-state index < -0.39 is 11.9 Å². The van der Waals surface area contributed by atoms with E-state index in [2.05, 4.69) is 10.1 Å². The number of amides is 1. The summed E-state index contributed by atoms with van der Waals surface area (Å²) in [6.45, 7) is 6.22. The van der Waals surface area contributed by atoms with Gasteiger partial charge in [-0.1, -0.05) is 0 Å². The number of esters is 2. The van der Waals surface area contributed by atoms with Crippen molar-refractivity contribution in [2.24, 2.45) is 0 Å². The molecule has 118 valence electrons. The molecule has 1 aromatic carbocycles. The van der Waals surface area contributed by atoms with E-state index >= 15 is 0 Å². The number of hydrogen-bond acceptors (Lipinski definition) is 5. The van der Waals surface area contributed by atoms with Crippen molar-refractivity contribution in [2.45, 2.75) is 27.7 Å². The van der Waals surface area contributed by atoms with Crippen LogP contribution in [0.5, 0.6) is 5.75 Å². The van der Waals surface area contributed by atoms with E-state index in [0.717, 1.165) is 11.1 Å². The summed E-state index contributed by atoms with van der Waals surface area (Å²) in [5, 5.41) is 2.43. The van der Waals surface area contributed by atoms with E-state index in [1.54, 1.807) is 26.0 Å². The molecule has 1 aromatic rings. The van der Waals surface area contributed by atoms with Crippen molar-refractivity contribution >= 4 is 23.9 Å². The van der Waals surface area contributed by atoms with Crippen LogP contribution in [-0.2, 0) is 19.1 Å². The van der Waals surface area contributed by atoms with Gasteiger partial charge in [0.05, 0.1) is 7.11 Å². The molecule has 22 heavy (non-hydrogen) atoms. The SMILES string of the molecule is COC(=O)/C(=C/c1cc(C)c(OC(C)=O)c(C)c1)NC(C)=O. The van der Waals surface area contributed by atoms with Gasteiger partial charge in [0.15, 0.2) is 0 Å². The van der Waals surface area contributed by atoms with E-state index in [1.165, 1.54) is 27.0 Å². The Labute approximate surface area is 129 Å². The van der Waals surface area contributed by atoms with Crippen LogP contribution in [0.2, 0.25) is 0 Å². The Morgan fingerprint density at radius 1 is 1.09 bits per heavy atom. The summed E-state index contributed by atoms with van der Waals surface area (Å²) in [6, 6.07) is 3.49. The van der Waals surface area contributed by atoms with Crippen molar-refractivity contribution in [3.63, 3.8) is 0 Å². The molecule has 0 aliphatic rings. The van der Waals surface area contributed by atoms with E-state index in [0.29, 0.717) is 11.3 Å². The Kier molecular flexibility index (Phi) is 5.86. The van der Waals surface area contributed by atoms with Crippen LogP contribution in [0.4, 0.5) is 0 Å². The predicted molar refractivity (Wildman–Crippen MR) is 81.0 cm³/mol. The molecule has 0 heterocycles. The first-order valence-electron chi connectivity index (χ1n) is 6.62. The van der Waals surface area contributed by atoms with E-state index in [-0.39, 0.29) is 11.6 Å². The van der Waals surface area contributed by atoms with Gasteiger partial charge in [-0.25, -0.2) is 4.79 Å². The van der Waals surface area contributed by atoms with Gasteiger partial charge in [0.1, 0.15) is 11.4 Å². The largest absolute Gasteiger partial charge is 0.464 e. The third-order valence-electron chi connectivity index (χ3n) is 2.76. The third kappa shape index (κ3) is 4.73. The van der Waals surface area contributed by atoms with Gasteiger partial charge in [-0.3, -0.25) is 9.59 Å². The molecule has 6 nitrogen and oxygen atoms in total. The zero-order chi connectivity index (χ0) is 16.9. The Morgan fingerprint density at radius 2 is 1.64 bits per heavy atom. The normalized spacial score (nSPS) is 10.9. The molecule has 6 heteroatoms. The molecular formula is C16H19NO5. The molecule has 0 radical (unpaired) electrons. The number of carbonyl (C=O) groups excluding carboxylic acids is 3. The lowest BCUT2D eigenvalue weighted by Gasteiger charge is -2.11. The Morgan fingerprint density at radius 3 is 2.05 bits per heavy atom. The lowest BCUT2D eigenvalue weighted by Crippen LogP contribution is -2.25. The van der Waals surface area contributed by atoms with Crippen LogP contribution in [0.3, 0.4) is 0 Å². The molecule has 0 bridgehead atoms. The first kappa shape index (κ1) is 17.4. The van der Waals surface area contributed by atoms with Crippen LogP contribution in [-0.4, -0.2) is 25.0 Å². The lowest BCUT2D eigenvalue weighted by atomic mass is 10.0. The highest BCUT2D eigenvalue weighted by Crippen LogP contribution is 2.26. The lowest BCUT2D eigenvalue weighted by molar-refractivity contribution is -0.137. The molecule has 0 atom stereocenters. The fourth-order valence-corrected chi connectivity index (χ4v) is 1.98. The smallest absolute Gasteiger partial charge is 0.354 e. The first-order chi connectivity index (χ1) is 10.2. The molecule has 0 aliphatic carbocycles. The number of rotatable bonds is 4. The molecule has 1 rings (SSSR count). The minimum atomic E-state index is -0.644.